The van der Waals surface area contributed by atoms with Gasteiger partial charge in [0.2, 0.25) is 0 Å². The van der Waals surface area contributed by atoms with Crippen LogP contribution >= 0.6 is 15.9 Å². The average Bonchev–Trinajstić information content (AvgIpc) is 2.48. The molecule has 2 nitrogen and oxygen atoms in total. The van der Waals surface area contributed by atoms with Crippen molar-refractivity contribution in [3.05, 3.63) is 58.1 Å². The van der Waals surface area contributed by atoms with Crippen LogP contribution in [-0.4, -0.2) is 6.61 Å². The number of rotatable bonds is 3. The summed E-state index contributed by atoms with van der Waals surface area (Å²) in [5.41, 5.74) is 3.77. The number of ether oxygens (including phenoxy) is 1. The van der Waals surface area contributed by atoms with E-state index in [1.54, 1.807) is 0 Å². The first kappa shape index (κ1) is 13.5. The summed E-state index contributed by atoms with van der Waals surface area (Å²) in [6, 6.07) is 15.2. The maximum Gasteiger partial charge on any atom is 0.124 e. The fourth-order valence-electron chi connectivity index (χ4n) is 2.60. The monoisotopic (exact) mass is 331 g/mol. The molecule has 0 aromatic heterocycles. The molecule has 3 rings (SSSR count). The van der Waals surface area contributed by atoms with Crippen molar-refractivity contribution in [2.75, 3.05) is 11.9 Å². The molecule has 2 aromatic rings. The number of hydrogen-bond acceptors (Lipinski definition) is 2. The molecule has 2 aromatic carbocycles. The number of nitrogens with one attached hydrogen (secondary N) is 1. The average molecular weight is 332 g/mol. The van der Waals surface area contributed by atoms with E-state index in [9.17, 15) is 0 Å². The summed E-state index contributed by atoms with van der Waals surface area (Å²) in [6.45, 7) is 2.94. The van der Waals surface area contributed by atoms with E-state index in [0.29, 0.717) is 6.04 Å². The molecule has 1 aliphatic heterocycles. The van der Waals surface area contributed by atoms with E-state index in [1.807, 2.05) is 12.1 Å². The van der Waals surface area contributed by atoms with Crippen LogP contribution in [0.2, 0.25) is 0 Å². The molecule has 0 spiro atoms. The van der Waals surface area contributed by atoms with Crippen molar-refractivity contribution in [2.24, 2.45) is 0 Å². The van der Waals surface area contributed by atoms with Gasteiger partial charge in [-0.25, -0.2) is 0 Å². The van der Waals surface area contributed by atoms with Gasteiger partial charge in [-0.3, -0.25) is 0 Å². The van der Waals surface area contributed by atoms with Gasteiger partial charge < -0.3 is 10.1 Å². The van der Waals surface area contributed by atoms with E-state index in [4.69, 9.17) is 4.74 Å². The predicted molar refractivity (Wildman–Crippen MR) is 86.4 cm³/mol. The van der Waals surface area contributed by atoms with Crippen LogP contribution in [0.4, 0.5) is 5.69 Å². The molecule has 0 aliphatic carbocycles. The first-order valence-corrected chi connectivity index (χ1v) is 7.83. The normalized spacial score (nSPS) is 17.2. The first-order valence-electron chi connectivity index (χ1n) is 7.04. The minimum atomic E-state index is 0.309. The van der Waals surface area contributed by atoms with Crippen molar-refractivity contribution in [1.82, 2.24) is 0 Å². The summed E-state index contributed by atoms with van der Waals surface area (Å²) in [4.78, 5) is 0. The number of benzene rings is 2. The Hall–Kier alpha value is -1.48. The minimum absolute atomic E-state index is 0.309. The largest absolute Gasteiger partial charge is 0.493 e. The van der Waals surface area contributed by atoms with Crippen molar-refractivity contribution in [1.29, 1.82) is 0 Å². The van der Waals surface area contributed by atoms with Gasteiger partial charge in [0.15, 0.2) is 0 Å². The molecule has 0 saturated heterocycles. The molecule has 0 fully saturated rings. The molecule has 20 heavy (non-hydrogen) atoms. The third-order valence-electron chi connectivity index (χ3n) is 3.69. The predicted octanol–water partition coefficient (Wildman–Crippen LogP) is 4.95. The van der Waals surface area contributed by atoms with Crippen LogP contribution in [0.3, 0.4) is 0 Å². The van der Waals surface area contributed by atoms with Gasteiger partial charge in [0.25, 0.3) is 0 Å². The van der Waals surface area contributed by atoms with Crippen molar-refractivity contribution in [2.45, 2.75) is 25.8 Å². The Morgan fingerprint density at radius 1 is 1.25 bits per heavy atom. The Morgan fingerprint density at radius 3 is 3.00 bits per heavy atom. The fraction of sp³-hybridized carbons (Fsp3) is 0.294. The van der Waals surface area contributed by atoms with Gasteiger partial charge in [0, 0.05) is 22.1 Å². The Labute approximate surface area is 128 Å². The summed E-state index contributed by atoms with van der Waals surface area (Å²) >= 11 is 3.54. The Morgan fingerprint density at radius 2 is 2.15 bits per heavy atom. The van der Waals surface area contributed by atoms with Crippen molar-refractivity contribution in [3.63, 3.8) is 0 Å². The zero-order valence-corrected chi connectivity index (χ0v) is 13.1. The summed E-state index contributed by atoms with van der Waals surface area (Å²) < 4.78 is 6.82. The lowest BCUT2D eigenvalue weighted by Gasteiger charge is -2.28. The standard InChI is InChI=1S/C17H18BrNO/c1-2-12-4-3-5-14(10-12)19-16-8-9-20-17-7-6-13(18)11-15(16)17/h3-7,10-11,16,19H,2,8-9H2,1H3. The van der Waals surface area contributed by atoms with Gasteiger partial charge in [0.1, 0.15) is 5.75 Å². The molecule has 1 aliphatic rings. The van der Waals surface area contributed by atoms with Crippen molar-refractivity contribution < 1.29 is 4.74 Å². The Balaban J connectivity index is 1.87. The van der Waals surface area contributed by atoms with E-state index in [-0.39, 0.29) is 0 Å². The lowest BCUT2D eigenvalue weighted by atomic mass is 10.00. The second-order valence-electron chi connectivity index (χ2n) is 5.07. The quantitative estimate of drug-likeness (QED) is 0.859. The van der Waals surface area contributed by atoms with E-state index in [0.717, 1.165) is 29.7 Å². The van der Waals surface area contributed by atoms with E-state index >= 15 is 0 Å². The molecule has 104 valence electrons. The van der Waals surface area contributed by atoms with Crippen LogP contribution < -0.4 is 10.1 Å². The second kappa shape index (κ2) is 5.88. The summed E-state index contributed by atoms with van der Waals surface area (Å²) in [5.74, 6) is 0.989. The zero-order valence-electron chi connectivity index (χ0n) is 11.5. The lowest BCUT2D eigenvalue weighted by Crippen LogP contribution is -2.20. The van der Waals surface area contributed by atoms with Gasteiger partial charge in [-0.2, -0.15) is 0 Å². The summed E-state index contributed by atoms with van der Waals surface area (Å²) in [5, 5.41) is 3.64. The van der Waals surface area contributed by atoms with Crippen LogP contribution in [0.25, 0.3) is 0 Å². The molecule has 1 unspecified atom stereocenters. The van der Waals surface area contributed by atoms with E-state index < -0.39 is 0 Å². The molecule has 0 amide bonds. The number of halogens is 1. The first-order chi connectivity index (χ1) is 9.76. The van der Waals surface area contributed by atoms with Crippen molar-refractivity contribution >= 4 is 21.6 Å². The highest BCUT2D eigenvalue weighted by atomic mass is 79.9. The molecular formula is C17H18BrNO. The number of anilines is 1. The number of fused-ring (bicyclic) bond motifs is 1. The zero-order chi connectivity index (χ0) is 13.9. The second-order valence-corrected chi connectivity index (χ2v) is 5.99. The Bertz CT molecular complexity index is 612. The highest BCUT2D eigenvalue weighted by Gasteiger charge is 2.21. The molecule has 0 saturated carbocycles. The lowest BCUT2D eigenvalue weighted by molar-refractivity contribution is 0.274. The van der Waals surface area contributed by atoms with Gasteiger partial charge in [-0.05, 0) is 42.3 Å². The third kappa shape index (κ3) is 2.83. The number of hydrogen-bond donors (Lipinski definition) is 1. The van der Waals surface area contributed by atoms with Gasteiger partial charge >= 0.3 is 0 Å². The molecule has 1 atom stereocenters. The van der Waals surface area contributed by atoms with Crippen LogP contribution in [0.5, 0.6) is 5.75 Å². The highest BCUT2D eigenvalue weighted by molar-refractivity contribution is 9.10. The minimum Gasteiger partial charge on any atom is -0.493 e. The molecular weight excluding hydrogens is 314 g/mol. The highest BCUT2D eigenvalue weighted by Crippen LogP contribution is 2.36. The SMILES string of the molecule is CCc1cccc(NC2CCOc3ccc(Br)cc32)c1. The summed E-state index contributed by atoms with van der Waals surface area (Å²) in [7, 11) is 0. The maximum atomic E-state index is 5.73. The topological polar surface area (TPSA) is 21.3 Å². The van der Waals surface area contributed by atoms with Gasteiger partial charge in [-0.15, -0.1) is 0 Å². The maximum absolute atomic E-state index is 5.73. The molecule has 1 heterocycles. The van der Waals surface area contributed by atoms with Gasteiger partial charge in [0.05, 0.1) is 12.6 Å². The molecule has 1 N–H and O–H groups in total. The van der Waals surface area contributed by atoms with Crippen LogP contribution in [0, 0.1) is 0 Å². The Kier molecular flexibility index (Phi) is 3.97. The van der Waals surface area contributed by atoms with Crippen molar-refractivity contribution in [3.8, 4) is 5.75 Å². The van der Waals surface area contributed by atoms with Crippen LogP contribution in [0.15, 0.2) is 46.9 Å². The summed E-state index contributed by atoms with van der Waals surface area (Å²) in [6.07, 6.45) is 2.05. The van der Waals surface area contributed by atoms with Crippen LogP contribution in [0.1, 0.15) is 30.5 Å². The van der Waals surface area contributed by atoms with E-state index in [2.05, 4.69) is 58.5 Å². The molecule has 0 radical (unpaired) electrons. The molecule has 0 bridgehead atoms. The van der Waals surface area contributed by atoms with Gasteiger partial charge in [-0.1, -0.05) is 35.0 Å². The fourth-order valence-corrected chi connectivity index (χ4v) is 2.98. The smallest absolute Gasteiger partial charge is 0.124 e. The number of aryl methyl sites for hydroxylation is 1. The molecule has 3 heteroatoms. The van der Waals surface area contributed by atoms with E-state index in [1.165, 1.54) is 16.8 Å². The van der Waals surface area contributed by atoms with Crippen LogP contribution in [-0.2, 0) is 6.42 Å². The third-order valence-corrected chi connectivity index (χ3v) is 4.18.